The van der Waals surface area contributed by atoms with Gasteiger partial charge in [0.05, 0.1) is 12.2 Å². The minimum absolute atomic E-state index is 0.189. The average Bonchev–Trinajstić information content (AvgIpc) is 3.34. The molecule has 1 unspecified atom stereocenters. The van der Waals surface area contributed by atoms with Crippen molar-refractivity contribution >= 4 is 23.7 Å². The Morgan fingerprint density at radius 3 is 2.32 bits per heavy atom. The summed E-state index contributed by atoms with van der Waals surface area (Å²) in [6, 6.07) is 27.1. The molecule has 0 spiro atoms. The molecule has 0 fully saturated rings. The summed E-state index contributed by atoms with van der Waals surface area (Å²) in [4.78, 5) is 18.2. The van der Waals surface area contributed by atoms with Gasteiger partial charge in [-0.25, -0.2) is 9.48 Å². The van der Waals surface area contributed by atoms with E-state index in [2.05, 4.69) is 17.4 Å². The molecule has 4 aromatic rings. The minimum atomic E-state index is -0.492. The molecule has 0 bridgehead atoms. The SMILES string of the molecule is CCOc1ccc(C2C(C(=O)OCc3ccccc3)=C(C)Nc3nc(SCc4ccccc4)nn32)cc1. The van der Waals surface area contributed by atoms with Gasteiger partial charge in [0.15, 0.2) is 0 Å². The molecule has 1 N–H and O–H groups in total. The summed E-state index contributed by atoms with van der Waals surface area (Å²) in [7, 11) is 0. The molecule has 1 atom stereocenters. The molecule has 1 aromatic heterocycles. The number of hydrogen-bond donors (Lipinski definition) is 1. The first-order valence-electron chi connectivity index (χ1n) is 12.2. The highest BCUT2D eigenvalue weighted by Gasteiger charge is 2.35. The van der Waals surface area contributed by atoms with E-state index in [0.29, 0.717) is 29.0 Å². The van der Waals surface area contributed by atoms with Crippen molar-refractivity contribution in [1.29, 1.82) is 0 Å². The van der Waals surface area contributed by atoms with Gasteiger partial charge in [0.25, 0.3) is 0 Å². The van der Waals surface area contributed by atoms with Crippen LogP contribution in [-0.4, -0.2) is 27.3 Å². The van der Waals surface area contributed by atoms with Gasteiger partial charge in [0, 0.05) is 11.4 Å². The number of allylic oxidation sites excluding steroid dienone is 1. The molecule has 37 heavy (non-hydrogen) atoms. The predicted octanol–water partition coefficient (Wildman–Crippen LogP) is 6.00. The number of fused-ring (bicyclic) bond motifs is 1. The van der Waals surface area contributed by atoms with Crippen LogP contribution in [0.2, 0.25) is 0 Å². The van der Waals surface area contributed by atoms with Crippen molar-refractivity contribution in [2.24, 2.45) is 0 Å². The number of benzene rings is 3. The fraction of sp³-hybridized carbons (Fsp3) is 0.207. The smallest absolute Gasteiger partial charge is 0.338 e. The largest absolute Gasteiger partial charge is 0.494 e. The molecule has 0 saturated carbocycles. The van der Waals surface area contributed by atoms with Crippen LogP contribution in [0.4, 0.5) is 5.95 Å². The molecule has 0 amide bonds. The van der Waals surface area contributed by atoms with Gasteiger partial charge in [-0.3, -0.25) is 0 Å². The Hall–Kier alpha value is -4.04. The van der Waals surface area contributed by atoms with E-state index in [-0.39, 0.29) is 6.61 Å². The number of hydrogen-bond acceptors (Lipinski definition) is 7. The Bertz CT molecular complexity index is 1390. The Morgan fingerprint density at radius 1 is 0.973 bits per heavy atom. The van der Waals surface area contributed by atoms with Gasteiger partial charge in [0.2, 0.25) is 11.1 Å². The number of ether oxygens (including phenoxy) is 2. The first kappa shape index (κ1) is 24.6. The van der Waals surface area contributed by atoms with Crippen LogP contribution in [0.5, 0.6) is 5.75 Å². The van der Waals surface area contributed by atoms with E-state index in [4.69, 9.17) is 19.6 Å². The summed E-state index contributed by atoms with van der Waals surface area (Å²) in [6.07, 6.45) is 0. The zero-order valence-corrected chi connectivity index (χ0v) is 21.6. The topological polar surface area (TPSA) is 78.3 Å². The molecule has 5 rings (SSSR count). The number of carbonyl (C=O) groups is 1. The van der Waals surface area contributed by atoms with Crippen LogP contribution in [0.1, 0.15) is 36.6 Å². The molecular weight excluding hydrogens is 484 g/mol. The van der Waals surface area contributed by atoms with E-state index in [0.717, 1.165) is 22.6 Å². The van der Waals surface area contributed by atoms with Crippen molar-refractivity contribution in [1.82, 2.24) is 14.8 Å². The van der Waals surface area contributed by atoms with Gasteiger partial charge < -0.3 is 14.8 Å². The number of anilines is 1. The van der Waals surface area contributed by atoms with Gasteiger partial charge in [-0.1, -0.05) is 84.6 Å². The molecule has 0 aliphatic carbocycles. The lowest BCUT2D eigenvalue weighted by atomic mass is 9.95. The normalized spacial score (nSPS) is 14.6. The molecule has 8 heteroatoms. The van der Waals surface area contributed by atoms with Gasteiger partial charge in [-0.05, 0) is 42.7 Å². The maximum absolute atomic E-state index is 13.5. The van der Waals surface area contributed by atoms with E-state index < -0.39 is 12.0 Å². The second-order valence-electron chi connectivity index (χ2n) is 8.57. The standard InChI is InChI=1S/C29H28N4O3S/c1-3-35-24-16-14-23(15-17-24)26-25(27(34)36-18-21-10-6-4-7-11-21)20(2)30-28-31-29(32-33(26)28)37-19-22-12-8-5-9-13-22/h4-17,26H,3,18-19H2,1-2H3,(H,30,31,32). The van der Waals surface area contributed by atoms with E-state index >= 15 is 0 Å². The molecule has 0 radical (unpaired) electrons. The number of rotatable bonds is 9. The van der Waals surface area contributed by atoms with Crippen molar-refractivity contribution in [2.45, 2.75) is 37.4 Å². The summed E-state index contributed by atoms with van der Waals surface area (Å²) >= 11 is 1.55. The number of carbonyl (C=O) groups excluding carboxylic acids is 1. The zero-order valence-electron chi connectivity index (χ0n) is 20.8. The Balaban J connectivity index is 1.45. The Morgan fingerprint density at radius 2 is 1.65 bits per heavy atom. The highest BCUT2D eigenvalue weighted by Crippen LogP contribution is 2.37. The average molecular weight is 513 g/mol. The number of thioether (sulfide) groups is 1. The highest BCUT2D eigenvalue weighted by molar-refractivity contribution is 7.98. The summed E-state index contributed by atoms with van der Waals surface area (Å²) in [5.41, 5.74) is 4.20. The third-order valence-corrected chi connectivity index (χ3v) is 6.89. The lowest BCUT2D eigenvalue weighted by Crippen LogP contribution is -2.29. The van der Waals surface area contributed by atoms with Crippen LogP contribution >= 0.6 is 11.8 Å². The van der Waals surface area contributed by atoms with E-state index in [9.17, 15) is 4.79 Å². The van der Waals surface area contributed by atoms with Gasteiger partial charge in [0.1, 0.15) is 18.4 Å². The molecule has 7 nitrogen and oxygen atoms in total. The van der Waals surface area contributed by atoms with Crippen molar-refractivity contribution in [2.75, 3.05) is 11.9 Å². The third-order valence-electron chi connectivity index (χ3n) is 5.98. The lowest BCUT2D eigenvalue weighted by Gasteiger charge is -2.28. The summed E-state index contributed by atoms with van der Waals surface area (Å²) < 4.78 is 13.1. The molecule has 1 aliphatic rings. The Labute approximate surface area is 220 Å². The monoisotopic (exact) mass is 512 g/mol. The molecule has 2 heterocycles. The second kappa shape index (κ2) is 11.3. The number of aromatic nitrogens is 3. The van der Waals surface area contributed by atoms with Crippen molar-refractivity contribution < 1.29 is 14.3 Å². The minimum Gasteiger partial charge on any atom is -0.494 e. The zero-order chi connectivity index (χ0) is 25.6. The summed E-state index contributed by atoms with van der Waals surface area (Å²) in [6.45, 7) is 4.59. The number of nitrogens with one attached hydrogen (secondary N) is 1. The predicted molar refractivity (Wildman–Crippen MR) is 144 cm³/mol. The van der Waals surface area contributed by atoms with Crippen LogP contribution in [0.25, 0.3) is 0 Å². The van der Waals surface area contributed by atoms with Crippen molar-refractivity contribution in [3.05, 3.63) is 113 Å². The van der Waals surface area contributed by atoms with Crippen molar-refractivity contribution in [3.8, 4) is 5.75 Å². The van der Waals surface area contributed by atoms with Gasteiger partial charge in [-0.2, -0.15) is 4.98 Å². The summed E-state index contributed by atoms with van der Waals surface area (Å²) in [5, 5.41) is 8.70. The second-order valence-corrected chi connectivity index (χ2v) is 9.51. The number of nitrogens with zero attached hydrogens (tertiary/aromatic N) is 3. The highest BCUT2D eigenvalue weighted by atomic mass is 32.2. The van der Waals surface area contributed by atoms with Crippen LogP contribution in [0.3, 0.4) is 0 Å². The molecule has 3 aromatic carbocycles. The van der Waals surface area contributed by atoms with E-state index in [1.54, 1.807) is 16.4 Å². The van der Waals surface area contributed by atoms with Crippen LogP contribution in [-0.2, 0) is 21.9 Å². The fourth-order valence-corrected chi connectivity index (χ4v) is 4.99. The molecule has 0 saturated heterocycles. The number of esters is 1. The van der Waals surface area contributed by atoms with Gasteiger partial charge in [-0.15, -0.1) is 5.10 Å². The maximum Gasteiger partial charge on any atom is 0.338 e. The van der Waals surface area contributed by atoms with Crippen LogP contribution in [0, 0.1) is 0 Å². The van der Waals surface area contributed by atoms with Crippen molar-refractivity contribution in [3.63, 3.8) is 0 Å². The maximum atomic E-state index is 13.5. The lowest BCUT2D eigenvalue weighted by molar-refractivity contribution is -0.140. The van der Waals surface area contributed by atoms with E-state index in [1.807, 2.05) is 86.6 Å². The van der Waals surface area contributed by atoms with Crippen LogP contribution in [0.15, 0.2) is 101 Å². The van der Waals surface area contributed by atoms with E-state index in [1.165, 1.54) is 5.56 Å². The third kappa shape index (κ3) is 5.70. The fourth-order valence-electron chi connectivity index (χ4n) is 4.20. The molecule has 1 aliphatic heterocycles. The quantitative estimate of drug-likeness (QED) is 0.218. The van der Waals surface area contributed by atoms with Crippen LogP contribution < -0.4 is 10.1 Å². The molecule has 188 valence electrons. The Kier molecular flexibility index (Phi) is 7.56. The summed E-state index contributed by atoms with van der Waals surface area (Å²) in [5.74, 6) is 1.71. The first-order valence-corrected chi connectivity index (χ1v) is 13.2. The molecular formula is C29H28N4O3S. The first-order chi connectivity index (χ1) is 18.1. The van der Waals surface area contributed by atoms with Gasteiger partial charge >= 0.3 is 5.97 Å².